The van der Waals surface area contributed by atoms with E-state index in [0.717, 1.165) is 0 Å². The molecule has 0 amide bonds. The van der Waals surface area contributed by atoms with Gasteiger partial charge < -0.3 is 15.9 Å². The van der Waals surface area contributed by atoms with Gasteiger partial charge in [-0.1, -0.05) is 17.3 Å². The Morgan fingerprint density at radius 3 is 3.00 bits per heavy atom. The summed E-state index contributed by atoms with van der Waals surface area (Å²) in [6.07, 6.45) is 0.108. The molecule has 0 saturated carbocycles. The number of nitrogens with one attached hydrogen (secondary N) is 1. The number of aromatic amines is 1. The SMILES string of the molecule is N/C(Cc1nc2ccccc2c(=O)[nH]1)=N/O. The van der Waals surface area contributed by atoms with Gasteiger partial charge >= 0.3 is 0 Å². The van der Waals surface area contributed by atoms with Gasteiger partial charge in [0.15, 0.2) is 0 Å². The van der Waals surface area contributed by atoms with Crippen molar-refractivity contribution in [3.8, 4) is 0 Å². The monoisotopic (exact) mass is 218 g/mol. The summed E-state index contributed by atoms with van der Waals surface area (Å²) in [6.45, 7) is 0. The molecule has 0 fully saturated rings. The highest BCUT2D eigenvalue weighted by atomic mass is 16.4. The molecule has 16 heavy (non-hydrogen) atoms. The van der Waals surface area contributed by atoms with Crippen LogP contribution >= 0.6 is 0 Å². The summed E-state index contributed by atoms with van der Waals surface area (Å²) in [5, 5.41) is 11.8. The fraction of sp³-hybridized carbons (Fsp3) is 0.100. The summed E-state index contributed by atoms with van der Waals surface area (Å²) in [5.41, 5.74) is 5.70. The van der Waals surface area contributed by atoms with Crippen molar-refractivity contribution < 1.29 is 5.21 Å². The second-order valence-corrected chi connectivity index (χ2v) is 3.30. The van der Waals surface area contributed by atoms with Gasteiger partial charge in [0.25, 0.3) is 5.56 Å². The number of H-pyrrole nitrogens is 1. The Morgan fingerprint density at radius 1 is 1.50 bits per heavy atom. The average molecular weight is 218 g/mol. The maximum absolute atomic E-state index is 11.6. The topological polar surface area (TPSA) is 104 Å². The Morgan fingerprint density at radius 2 is 2.25 bits per heavy atom. The molecule has 0 aliphatic rings. The minimum atomic E-state index is -0.230. The molecule has 6 nitrogen and oxygen atoms in total. The van der Waals surface area contributed by atoms with Gasteiger partial charge in [-0.05, 0) is 12.1 Å². The van der Waals surface area contributed by atoms with Crippen LogP contribution in [0.25, 0.3) is 10.9 Å². The summed E-state index contributed by atoms with van der Waals surface area (Å²) in [4.78, 5) is 18.4. The number of aromatic nitrogens is 2. The molecule has 0 radical (unpaired) electrons. The molecule has 1 heterocycles. The van der Waals surface area contributed by atoms with Crippen LogP contribution in [0.1, 0.15) is 5.82 Å². The third kappa shape index (κ3) is 1.85. The molecule has 1 aromatic carbocycles. The van der Waals surface area contributed by atoms with E-state index < -0.39 is 0 Å². The van der Waals surface area contributed by atoms with Gasteiger partial charge in [0.1, 0.15) is 11.7 Å². The van der Waals surface area contributed by atoms with E-state index in [0.29, 0.717) is 16.7 Å². The Labute approximate surface area is 90.4 Å². The van der Waals surface area contributed by atoms with E-state index in [1.165, 1.54) is 0 Å². The average Bonchev–Trinajstić information content (AvgIpc) is 2.29. The van der Waals surface area contributed by atoms with Gasteiger partial charge in [0.05, 0.1) is 17.3 Å². The standard InChI is InChI=1S/C10H10N4O2/c11-8(14-16)5-9-12-7-4-2-1-3-6(7)10(15)13-9/h1-4,16H,5H2,(H2,11,14)(H,12,13,15). The van der Waals surface area contributed by atoms with Crippen LogP contribution in [0.3, 0.4) is 0 Å². The molecule has 1 aromatic heterocycles. The third-order valence-corrected chi connectivity index (χ3v) is 2.14. The van der Waals surface area contributed by atoms with E-state index in [-0.39, 0.29) is 17.8 Å². The van der Waals surface area contributed by atoms with Crippen molar-refractivity contribution in [2.45, 2.75) is 6.42 Å². The predicted molar refractivity (Wildman–Crippen MR) is 59.5 cm³/mol. The second kappa shape index (κ2) is 4.01. The number of hydrogen-bond donors (Lipinski definition) is 3. The van der Waals surface area contributed by atoms with E-state index in [1.54, 1.807) is 24.3 Å². The first-order valence-corrected chi connectivity index (χ1v) is 4.65. The maximum atomic E-state index is 11.6. The minimum absolute atomic E-state index is 0.00145. The largest absolute Gasteiger partial charge is 0.409 e. The van der Waals surface area contributed by atoms with Crippen molar-refractivity contribution in [3.63, 3.8) is 0 Å². The molecule has 82 valence electrons. The molecule has 0 spiro atoms. The molecule has 0 unspecified atom stereocenters. The zero-order valence-corrected chi connectivity index (χ0v) is 8.34. The number of oxime groups is 1. The van der Waals surface area contributed by atoms with E-state index in [2.05, 4.69) is 15.1 Å². The Balaban J connectivity index is 2.54. The number of para-hydroxylation sites is 1. The third-order valence-electron chi connectivity index (χ3n) is 2.14. The van der Waals surface area contributed by atoms with Gasteiger partial charge in [-0.25, -0.2) is 4.98 Å². The number of fused-ring (bicyclic) bond motifs is 1. The number of benzene rings is 1. The van der Waals surface area contributed by atoms with E-state index >= 15 is 0 Å². The van der Waals surface area contributed by atoms with Crippen LogP contribution in [0.4, 0.5) is 0 Å². The molecule has 2 rings (SSSR count). The second-order valence-electron chi connectivity index (χ2n) is 3.30. The van der Waals surface area contributed by atoms with Gasteiger partial charge in [-0.3, -0.25) is 4.79 Å². The van der Waals surface area contributed by atoms with Crippen LogP contribution in [0, 0.1) is 0 Å². The van der Waals surface area contributed by atoms with Crippen molar-refractivity contribution in [3.05, 3.63) is 40.4 Å². The van der Waals surface area contributed by atoms with Crippen molar-refractivity contribution in [1.29, 1.82) is 0 Å². The first kappa shape index (κ1) is 10.2. The van der Waals surface area contributed by atoms with Crippen molar-refractivity contribution in [1.82, 2.24) is 9.97 Å². The fourth-order valence-corrected chi connectivity index (χ4v) is 1.43. The van der Waals surface area contributed by atoms with Crippen LogP contribution in [-0.4, -0.2) is 21.0 Å². The summed E-state index contributed by atoms with van der Waals surface area (Å²) >= 11 is 0. The molecule has 2 aromatic rings. The zero-order valence-electron chi connectivity index (χ0n) is 8.34. The first-order chi connectivity index (χ1) is 7.70. The lowest BCUT2D eigenvalue weighted by atomic mass is 10.2. The number of amidine groups is 1. The molecule has 0 bridgehead atoms. The van der Waals surface area contributed by atoms with Crippen molar-refractivity contribution in [2.24, 2.45) is 10.9 Å². The van der Waals surface area contributed by atoms with E-state index in [9.17, 15) is 4.79 Å². The summed E-state index contributed by atoms with van der Waals surface area (Å²) < 4.78 is 0. The van der Waals surface area contributed by atoms with E-state index in [1.807, 2.05) is 0 Å². The van der Waals surface area contributed by atoms with Crippen LogP contribution < -0.4 is 11.3 Å². The van der Waals surface area contributed by atoms with Gasteiger partial charge in [-0.15, -0.1) is 0 Å². The number of nitrogens with zero attached hydrogens (tertiary/aromatic N) is 2. The first-order valence-electron chi connectivity index (χ1n) is 4.65. The Bertz CT molecular complexity index is 603. The molecule has 0 atom stereocenters. The lowest BCUT2D eigenvalue weighted by molar-refractivity contribution is 0.317. The number of nitrogens with two attached hydrogens (primary N) is 1. The van der Waals surface area contributed by atoms with Crippen LogP contribution in [0.15, 0.2) is 34.2 Å². The lowest BCUT2D eigenvalue weighted by Gasteiger charge is -2.01. The lowest BCUT2D eigenvalue weighted by Crippen LogP contribution is -2.20. The van der Waals surface area contributed by atoms with Crippen LogP contribution in [0.2, 0.25) is 0 Å². The quantitative estimate of drug-likeness (QED) is 0.290. The Hall–Kier alpha value is -2.37. The van der Waals surface area contributed by atoms with Gasteiger partial charge in [0.2, 0.25) is 0 Å². The highest BCUT2D eigenvalue weighted by molar-refractivity contribution is 5.82. The zero-order chi connectivity index (χ0) is 11.5. The molecule has 0 aliphatic heterocycles. The minimum Gasteiger partial charge on any atom is -0.409 e. The summed E-state index contributed by atoms with van der Waals surface area (Å²) in [7, 11) is 0. The molecule has 0 saturated heterocycles. The Kier molecular flexibility index (Phi) is 2.55. The van der Waals surface area contributed by atoms with Gasteiger partial charge in [0, 0.05) is 0 Å². The normalized spacial score (nSPS) is 11.9. The molecule has 0 aliphatic carbocycles. The highest BCUT2D eigenvalue weighted by Gasteiger charge is 2.04. The van der Waals surface area contributed by atoms with Gasteiger partial charge in [-0.2, -0.15) is 0 Å². The van der Waals surface area contributed by atoms with Crippen molar-refractivity contribution >= 4 is 16.7 Å². The smallest absolute Gasteiger partial charge is 0.258 e. The summed E-state index contributed by atoms with van der Waals surface area (Å²) in [5.74, 6) is 0.373. The predicted octanol–water partition coefficient (Wildman–Crippen LogP) is 0.212. The summed E-state index contributed by atoms with van der Waals surface area (Å²) in [6, 6.07) is 6.99. The number of hydrogen-bond acceptors (Lipinski definition) is 4. The van der Waals surface area contributed by atoms with Crippen LogP contribution in [-0.2, 0) is 6.42 Å². The van der Waals surface area contributed by atoms with E-state index in [4.69, 9.17) is 10.9 Å². The molecular weight excluding hydrogens is 208 g/mol. The van der Waals surface area contributed by atoms with Crippen LogP contribution in [0.5, 0.6) is 0 Å². The highest BCUT2D eigenvalue weighted by Crippen LogP contribution is 2.05. The number of rotatable bonds is 2. The molecular formula is C10H10N4O2. The molecule has 4 N–H and O–H groups in total. The maximum Gasteiger partial charge on any atom is 0.258 e. The van der Waals surface area contributed by atoms with Crippen molar-refractivity contribution in [2.75, 3.05) is 0 Å². The molecule has 6 heteroatoms. The fourth-order valence-electron chi connectivity index (χ4n) is 1.43.